The molecule has 0 unspecified atom stereocenters. The number of thiophene rings is 1. The zero-order chi connectivity index (χ0) is 27.5. The van der Waals surface area contributed by atoms with Crippen LogP contribution in [0, 0.1) is 0 Å². The van der Waals surface area contributed by atoms with Gasteiger partial charge in [-0.05, 0) is 40.8 Å². The summed E-state index contributed by atoms with van der Waals surface area (Å²) in [5.74, 6) is 0.990. The van der Waals surface area contributed by atoms with Gasteiger partial charge in [0.2, 0.25) is 0 Å². The van der Waals surface area contributed by atoms with Crippen LogP contribution in [0.2, 0.25) is 5.02 Å². The molecule has 0 radical (unpaired) electrons. The largest absolute Gasteiger partial charge is 0.489 e. The van der Waals surface area contributed by atoms with Gasteiger partial charge in [0.15, 0.2) is 0 Å². The van der Waals surface area contributed by atoms with Crippen molar-refractivity contribution in [3.05, 3.63) is 117 Å². The molecule has 0 aliphatic carbocycles. The van der Waals surface area contributed by atoms with E-state index < -0.39 is 0 Å². The second-order valence-electron chi connectivity index (χ2n) is 9.58. The molecule has 3 heterocycles. The number of amides is 1. The lowest BCUT2D eigenvalue weighted by Crippen LogP contribution is -2.35. The van der Waals surface area contributed by atoms with Gasteiger partial charge in [-0.3, -0.25) is 0 Å². The molecular weight excluding hydrogens is 563 g/mol. The summed E-state index contributed by atoms with van der Waals surface area (Å²) in [5, 5.41) is 1.60. The molecule has 40 heavy (non-hydrogen) atoms. The van der Waals surface area contributed by atoms with E-state index in [-0.39, 0.29) is 18.6 Å². The van der Waals surface area contributed by atoms with Gasteiger partial charge in [0.05, 0.1) is 23.1 Å². The minimum Gasteiger partial charge on any atom is -0.489 e. The van der Waals surface area contributed by atoms with Crippen LogP contribution in [0.25, 0.3) is 21.3 Å². The highest BCUT2D eigenvalue weighted by Crippen LogP contribution is 2.44. The van der Waals surface area contributed by atoms with E-state index in [2.05, 4.69) is 0 Å². The Bertz CT molecular complexity index is 1640. The molecule has 1 amide bonds. The van der Waals surface area contributed by atoms with Crippen LogP contribution >= 0.6 is 34.5 Å². The molecule has 6 rings (SSSR count). The fourth-order valence-electron chi connectivity index (χ4n) is 4.94. The van der Waals surface area contributed by atoms with Crippen molar-refractivity contribution in [2.24, 2.45) is 0 Å². The number of pyridine rings is 1. The lowest BCUT2D eigenvalue weighted by Gasteiger charge is -2.26. The van der Waals surface area contributed by atoms with Crippen molar-refractivity contribution in [3.63, 3.8) is 0 Å². The third kappa shape index (κ3) is 5.52. The number of carbonyl (C=O) groups is 1. The molecule has 1 aliphatic rings. The predicted molar refractivity (Wildman–Crippen MR) is 161 cm³/mol. The lowest BCUT2D eigenvalue weighted by molar-refractivity contribution is 0.0924. The molecule has 1 aliphatic heterocycles. The standard InChI is InChI=1S/C32H26Cl2N2O3S/c33-17-26-30(34)28(23-11-13-24(14-12-23)38-19-21-7-3-1-4-8-21)29-25-15-16-36(18-27(25)40-31(29)35-26)32(37)39-20-22-9-5-2-6-10-22/h1-14H,15-20H2. The second kappa shape index (κ2) is 11.9. The van der Waals surface area contributed by atoms with Crippen LogP contribution in [0.15, 0.2) is 84.9 Å². The number of nitrogens with zero attached hydrogens (tertiary/aromatic N) is 2. The molecule has 5 aromatic rings. The lowest BCUT2D eigenvalue weighted by atomic mass is 9.96. The highest BCUT2D eigenvalue weighted by Gasteiger charge is 2.28. The summed E-state index contributed by atoms with van der Waals surface area (Å²) in [6.07, 6.45) is 0.380. The van der Waals surface area contributed by atoms with Crippen LogP contribution < -0.4 is 4.74 Å². The molecule has 0 N–H and O–H groups in total. The molecule has 0 bridgehead atoms. The van der Waals surface area contributed by atoms with Gasteiger partial charge in [-0.25, -0.2) is 9.78 Å². The molecule has 0 fully saturated rings. The van der Waals surface area contributed by atoms with Gasteiger partial charge in [0.25, 0.3) is 0 Å². The number of hydrogen-bond acceptors (Lipinski definition) is 5. The molecule has 202 valence electrons. The first-order valence-electron chi connectivity index (χ1n) is 13.0. The number of hydrogen-bond donors (Lipinski definition) is 0. The van der Waals surface area contributed by atoms with Crippen molar-refractivity contribution in [1.82, 2.24) is 9.88 Å². The first-order chi connectivity index (χ1) is 19.6. The Kier molecular flexibility index (Phi) is 7.91. The minimum atomic E-state index is -0.314. The van der Waals surface area contributed by atoms with Gasteiger partial charge in [-0.15, -0.1) is 22.9 Å². The van der Waals surface area contributed by atoms with Gasteiger partial charge in [0, 0.05) is 22.4 Å². The zero-order valence-corrected chi connectivity index (χ0v) is 23.9. The van der Waals surface area contributed by atoms with Crippen LogP contribution in [-0.2, 0) is 36.8 Å². The van der Waals surface area contributed by atoms with Crippen molar-refractivity contribution in [1.29, 1.82) is 0 Å². The number of fused-ring (bicyclic) bond motifs is 3. The zero-order valence-electron chi connectivity index (χ0n) is 21.6. The second-order valence-corrected chi connectivity index (χ2v) is 11.3. The number of ether oxygens (including phenoxy) is 2. The topological polar surface area (TPSA) is 51.7 Å². The molecule has 3 aromatic carbocycles. The average molecular weight is 590 g/mol. The smallest absolute Gasteiger partial charge is 0.410 e. The van der Waals surface area contributed by atoms with E-state index in [1.54, 1.807) is 16.2 Å². The van der Waals surface area contributed by atoms with Crippen molar-refractivity contribution >= 4 is 50.8 Å². The maximum Gasteiger partial charge on any atom is 0.410 e. The Morgan fingerprint density at radius 3 is 2.27 bits per heavy atom. The number of aromatic nitrogens is 1. The first kappa shape index (κ1) is 26.6. The highest BCUT2D eigenvalue weighted by atomic mass is 35.5. The normalized spacial score (nSPS) is 12.8. The van der Waals surface area contributed by atoms with Crippen molar-refractivity contribution < 1.29 is 14.3 Å². The quantitative estimate of drug-likeness (QED) is 0.178. The van der Waals surface area contributed by atoms with Crippen molar-refractivity contribution in [2.45, 2.75) is 32.1 Å². The van der Waals surface area contributed by atoms with Gasteiger partial charge >= 0.3 is 6.09 Å². The molecule has 0 spiro atoms. The molecule has 8 heteroatoms. The summed E-state index contributed by atoms with van der Waals surface area (Å²) in [6.45, 7) is 1.79. The molecule has 5 nitrogen and oxygen atoms in total. The molecular formula is C32H26Cl2N2O3S. The molecule has 0 saturated carbocycles. The SMILES string of the molecule is O=C(OCc1ccccc1)N1CCc2c(sc3nc(CCl)c(Cl)c(-c4ccc(OCc5ccccc5)cc4)c23)C1. The number of benzene rings is 3. The Morgan fingerprint density at radius 1 is 0.925 bits per heavy atom. The highest BCUT2D eigenvalue weighted by molar-refractivity contribution is 7.19. The molecule has 0 atom stereocenters. The van der Waals surface area contributed by atoms with E-state index in [1.807, 2.05) is 84.9 Å². The summed E-state index contributed by atoms with van der Waals surface area (Å²) in [5.41, 5.74) is 5.80. The van der Waals surface area contributed by atoms with Crippen LogP contribution in [0.1, 0.15) is 27.3 Å². The summed E-state index contributed by atoms with van der Waals surface area (Å²) in [4.78, 5) is 21.4. The average Bonchev–Trinajstić information content (AvgIpc) is 3.37. The maximum atomic E-state index is 12.9. The third-order valence-corrected chi connectivity index (χ3v) is 8.75. The number of carbonyl (C=O) groups excluding carboxylic acids is 1. The van der Waals surface area contributed by atoms with Crippen LogP contribution in [0.3, 0.4) is 0 Å². The monoisotopic (exact) mass is 588 g/mol. The Morgan fingerprint density at radius 2 is 1.60 bits per heavy atom. The van der Waals surface area contributed by atoms with Gasteiger partial charge in [0.1, 0.15) is 23.8 Å². The van der Waals surface area contributed by atoms with E-state index >= 15 is 0 Å². The van der Waals surface area contributed by atoms with Gasteiger partial charge in [-0.1, -0.05) is 84.4 Å². The van der Waals surface area contributed by atoms with E-state index in [9.17, 15) is 4.79 Å². The maximum absolute atomic E-state index is 12.9. The van der Waals surface area contributed by atoms with Gasteiger partial charge in [-0.2, -0.15) is 0 Å². The van der Waals surface area contributed by atoms with E-state index in [0.29, 0.717) is 36.8 Å². The predicted octanol–water partition coefficient (Wildman–Crippen LogP) is 8.63. The Balaban J connectivity index is 1.26. The number of rotatable bonds is 7. The van der Waals surface area contributed by atoms with Crippen molar-refractivity contribution in [3.8, 4) is 16.9 Å². The Labute approximate surface area is 246 Å². The molecule has 0 saturated heterocycles. The number of halogens is 2. The number of alkyl halides is 1. The molecule has 2 aromatic heterocycles. The minimum absolute atomic E-state index is 0.209. The van der Waals surface area contributed by atoms with E-state index in [1.165, 1.54) is 5.56 Å². The third-order valence-electron chi connectivity index (χ3n) is 6.98. The summed E-state index contributed by atoms with van der Waals surface area (Å²) in [6, 6.07) is 27.8. The van der Waals surface area contributed by atoms with Crippen LogP contribution in [0.5, 0.6) is 5.75 Å². The summed E-state index contributed by atoms with van der Waals surface area (Å²) in [7, 11) is 0. The van der Waals surface area contributed by atoms with Crippen molar-refractivity contribution in [2.75, 3.05) is 6.54 Å². The van der Waals surface area contributed by atoms with E-state index in [4.69, 9.17) is 37.7 Å². The van der Waals surface area contributed by atoms with E-state index in [0.717, 1.165) is 43.1 Å². The van der Waals surface area contributed by atoms with Crippen LogP contribution in [0.4, 0.5) is 4.79 Å². The fourth-order valence-corrected chi connectivity index (χ4v) is 6.77. The van der Waals surface area contributed by atoms with Crippen LogP contribution in [-0.4, -0.2) is 22.5 Å². The fraction of sp³-hybridized carbons (Fsp3) is 0.188. The first-order valence-corrected chi connectivity index (χ1v) is 14.7. The Hall–Kier alpha value is -3.58. The summed E-state index contributed by atoms with van der Waals surface area (Å²) < 4.78 is 11.6. The van der Waals surface area contributed by atoms with Gasteiger partial charge < -0.3 is 14.4 Å². The summed E-state index contributed by atoms with van der Waals surface area (Å²) >= 11 is 14.8.